The predicted octanol–water partition coefficient (Wildman–Crippen LogP) is 0.792. The first-order valence-corrected chi connectivity index (χ1v) is 4.75. The highest BCUT2D eigenvalue weighted by Gasteiger charge is 2.08. The van der Waals surface area contributed by atoms with Gasteiger partial charge in [-0.1, -0.05) is 18.2 Å². The van der Waals surface area contributed by atoms with Gasteiger partial charge in [-0.2, -0.15) is 15.0 Å². The minimum atomic E-state index is 0.00228. The molecule has 0 fully saturated rings. The Hall–Kier alpha value is -1.72. The fourth-order valence-corrected chi connectivity index (χ4v) is 1.24. The van der Waals surface area contributed by atoms with E-state index >= 15 is 0 Å². The average Bonchev–Trinajstić information content (AvgIpc) is 2.78. The van der Waals surface area contributed by atoms with Crippen LogP contribution in [0.2, 0.25) is 0 Å². The van der Waals surface area contributed by atoms with E-state index in [0.717, 1.165) is 11.4 Å². The standard InChI is InChI=1S/C10H13N5/c1-8(13-11)10-7-12-15(14-10)9-5-3-2-4-6-9/h2-8,13H,11H2,1H3. The smallest absolute Gasteiger partial charge is 0.101 e. The molecule has 78 valence electrons. The largest absolute Gasteiger partial charge is 0.271 e. The maximum absolute atomic E-state index is 5.32. The fourth-order valence-electron chi connectivity index (χ4n) is 1.24. The Morgan fingerprint density at radius 2 is 2.07 bits per heavy atom. The highest BCUT2D eigenvalue weighted by molar-refractivity contribution is 5.28. The van der Waals surface area contributed by atoms with Gasteiger partial charge in [0, 0.05) is 0 Å². The van der Waals surface area contributed by atoms with E-state index in [0.29, 0.717) is 0 Å². The fraction of sp³-hybridized carbons (Fsp3) is 0.200. The van der Waals surface area contributed by atoms with Gasteiger partial charge in [0.2, 0.25) is 0 Å². The van der Waals surface area contributed by atoms with Crippen molar-refractivity contribution in [3.05, 3.63) is 42.2 Å². The van der Waals surface area contributed by atoms with Crippen molar-refractivity contribution in [1.82, 2.24) is 20.4 Å². The third-order valence-electron chi connectivity index (χ3n) is 2.19. The van der Waals surface area contributed by atoms with Crippen LogP contribution in [0.5, 0.6) is 0 Å². The minimum absolute atomic E-state index is 0.00228. The summed E-state index contributed by atoms with van der Waals surface area (Å²) in [4.78, 5) is 1.59. The van der Waals surface area contributed by atoms with Crippen LogP contribution in [0.15, 0.2) is 36.5 Å². The van der Waals surface area contributed by atoms with Crippen molar-refractivity contribution in [3.63, 3.8) is 0 Å². The summed E-state index contributed by atoms with van der Waals surface area (Å²) in [7, 11) is 0. The Labute approximate surface area is 87.9 Å². The molecule has 5 nitrogen and oxygen atoms in total. The maximum atomic E-state index is 5.32. The van der Waals surface area contributed by atoms with E-state index in [1.165, 1.54) is 0 Å². The highest BCUT2D eigenvalue weighted by Crippen LogP contribution is 2.09. The summed E-state index contributed by atoms with van der Waals surface area (Å²) in [5.41, 5.74) is 4.39. The Bertz CT molecular complexity index is 422. The molecule has 2 rings (SSSR count). The Kier molecular flexibility index (Phi) is 2.75. The van der Waals surface area contributed by atoms with E-state index in [1.807, 2.05) is 37.3 Å². The first kappa shape index (κ1) is 9.82. The summed E-state index contributed by atoms with van der Waals surface area (Å²) in [6, 6.07) is 9.75. The Morgan fingerprint density at radius 3 is 2.73 bits per heavy atom. The first-order chi connectivity index (χ1) is 7.31. The van der Waals surface area contributed by atoms with Gasteiger partial charge in [-0.3, -0.25) is 11.3 Å². The summed E-state index contributed by atoms with van der Waals surface area (Å²) in [5.74, 6) is 5.32. The van der Waals surface area contributed by atoms with Crippen LogP contribution in [0.4, 0.5) is 0 Å². The van der Waals surface area contributed by atoms with Gasteiger partial charge in [0.15, 0.2) is 0 Å². The van der Waals surface area contributed by atoms with Crippen molar-refractivity contribution in [2.75, 3.05) is 0 Å². The minimum Gasteiger partial charge on any atom is -0.271 e. The number of nitrogens with one attached hydrogen (secondary N) is 1. The lowest BCUT2D eigenvalue weighted by molar-refractivity contribution is 0.578. The van der Waals surface area contributed by atoms with Crippen LogP contribution in [-0.4, -0.2) is 15.0 Å². The quantitative estimate of drug-likeness (QED) is 0.571. The molecule has 0 saturated heterocycles. The molecule has 0 spiro atoms. The molecule has 1 atom stereocenters. The molecule has 1 unspecified atom stereocenters. The summed E-state index contributed by atoms with van der Waals surface area (Å²) >= 11 is 0. The van der Waals surface area contributed by atoms with E-state index < -0.39 is 0 Å². The van der Waals surface area contributed by atoms with Crippen molar-refractivity contribution < 1.29 is 0 Å². The monoisotopic (exact) mass is 203 g/mol. The van der Waals surface area contributed by atoms with E-state index in [4.69, 9.17) is 5.84 Å². The molecular weight excluding hydrogens is 190 g/mol. The number of nitrogens with zero attached hydrogens (tertiary/aromatic N) is 3. The topological polar surface area (TPSA) is 68.8 Å². The van der Waals surface area contributed by atoms with Gasteiger partial charge >= 0.3 is 0 Å². The molecule has 0 amide bonds. The van der Waals surface area contributed by atoms with Gasteiger partial charge in [0.1, 0.15) is 5.69 Å². The van der Waals surface area contributed by atoms with E-state index in [2.05, 4.69) is 15.6 Å². The lowest BCUT2D eigenvalue weighted by atomic mass is 10.3. The predicted molar refractivity (Wildman–Crippen MR) is 57.1 cm³/mol. The van der Waals surface area contributed by atoms with E-state index in [1.54, 1.807) is 11.0 Å². The van der Waals surface area contributed by atoms with Crippen LogP contribution in [0.25, 0.3) is 5.69 Å². The van der Waals surface area contributed by atoms with Crippen LogP contribution in [0.1, 0.15) is 18.7 Å². The molecule has 2 aromatic rings. The molecule has 5 heteroatoms. The summed E-state index contributed by atoms with van der Waals surface area (Å²) in [5, 5.41) is 8.48. The van der Waals surface area contributed by atoms with Gasteiger partial charge < -0.3 is 0 Å². The molecule has 1 aromatic heterocycles. The van der Waals surface area contributed by atoms with Crippen molar-refractivity contribution in [3.8, 4) is 5.69 Å². The molecule has 0 bridgehead atoms. The number of nitrogens with two attached hydrogens (primary N) is 1. The maximum Gasteiger partial charge on any atom is 0.101 e. The van der Waals surface area contributed by atoms with Crippen LogP contribution in [0, 0.1) is 0 Å². The summed E-state index contributed by atoms with van der Waals surface area (Å²) < 4.78 is 0. The van der Waals surface area contributed by atoms with Crippen LogP contribution in [-0.2, 0) is 0 Å². The van der Waals surface area contributed by atoms with Gasteiger partial charge in [0.25, 0.3) is 0 Å². The SMILES string of the molecule is CC(NN)c1cnn(-c2ccccc2)n1. The van der Waals surface area contributed by atoms with E-state index in [-0.39, 0.29) is 6.04 Å². The second-order valence-corrected chi connectivity index (χ2v) is 3.28. The summed E-state index contributed by atoms with van der Waals surface area (Å²) in [6.45, 7) is 1.93. The molecular formula is C10H13N5. The van der Waals surface area contributed by atoms with Crippen LogP contribution >= 0.6 is 0 Å². The molecule has 0 saturated carbocycles. The van der Waals surface area contributed by atoms with Crippen LogP contribution in [0.3, 0.4) is 0 Å². The number of hydrogen-bond acceptors (Lipinski definition) is 4. The third kappa shape index (κ3) is 2.03. The second kappa shape index (κ2) is 4.20. The molecule has 0 aliphatic rings. The molecule has 0 radical (unpaired) electrons. The van der Waals surface area contributed by atoms with Crippen molar-refractivity contribution in [2.24, 2.45) is 5.84 Å². The summed E-state index contributed by atoms with van der Waals surface area (Å²) in [6.07, 6.45) is 1.71. The number of hydrogen-bond donors (Lipinski definition) is 2. The van der Waals surface area contributed by atoms with Gasteiger partial charge in [-0.05, 0) is 19.1 Å². The first-order valence-electron chi connectivity index (χ1n) is 4.75. The number of hydrazine groups is 1. The lowest BCUT2D eigenvalue weighted by Crippen LogP contribution is -2.26. The van der Waals surface area contributed by atoms with Gasteiger partial charge in [-0.15, -0.1) is 0 Å². The Balaban J connectivity index is 2.28. The zero-order valence-corrected chi connectivity index (χ0v) is 8.46. The molecule has 0 aliphatic heterocycles. The molecule has 3 N–H and O–H groups in total. The average molecular weight is 203 g/mol. The normalized spacial score (nSPS) is 12.7. The van der Waals surface area contributed by atoms with Gasteiger partial charge in [-0.25, -0.2) is 0 Å². The lowest BCUT2D eigenvalue weighted by Gasteiger charge is -2.04. The molecule has 1 heterocycles. The van der Waals surface area contributed by atoms with Crippen molar-refractivity contribution in [1.29, 1.82) is 0 Å². The Morgan fingerprint density at radius 1 is 1.33 bits per heavy atom. The zero-order chi connectivity index (χ0) is 10.7. The molecule has 1 aromatic carbocycles. The molecule has 0 aliphatic carbocycles. The van der Waals surface area contributed by atoms with Crippen molar-refractivity contribution >= 4 is 0 Å². The van der Waals surface area contributed by atoms with Crippen LogP contribution < -0.4 is 11.3 Å². The number of benzene rings is 1. The zero-order valence-electron chi connectivity index (χ0n) is 8.46. The second-order valence-electron chi connectivity index (χ2n) is 3.28. The number of rotatable bonds is 3. The van der Waals surface area contributed by atoms with Crippen molar-refractivity contribution in [2.45, 2.75) is 13.0 Å². The third-order valence-corrected chi connectivity index (χ3v) is 2.19. The number of aromatic nitrogens is 3. The highest BCUT2D eigenvalue weighted by atomic mass is 15.5. The van der Waals surface area contributed by atoms with E-state index in [9.17, 15) is 0 Å². The van der Waals surface area contributed by atoms with Gasteiger partial charge in [0.05, 0.1) is 17.9 Å². The number of para-hydroxylation sites is 1. The molecule has 15 heavy (non-hydrogen) atoms.